The summed E-state index contributed by atoms with van der Waals surface area (Å²) in [6.07, 6.45) is 1.84. The first-order valence-corrected chi connectivity index (χ1v) is 6.51. The van der Waals surface area contributed by atoms with E-state index >= 15 is 0 Å². The average molecular weight is 363 g/mol. The van der Waals surface area contributed by atoms with Gasteiger partial charge in [0.05, 0.1) is 17.4 Å². The molecule has 0 saturated carbocycles. The normalized spacial score (nSPS) is 11.8. The summed E-state index contributed by atoms with van der Waals surface area (Å²) in [6, 6.07) is 5.62. The minimum absolute atomic E-state index is 0.490. The van der Waals surface area contributed by atoms with E-state index in [0.29, 0.717) is 5.02 Å². The molecule has 17 heavy (non-hydrogen) atoms. The second-order valence-corrected chi connectivity index (χ2v) is 5.96. The van der Waals surface area contributed by atoms with E-state index in [0.717, 1.165) is 15.0 Å². The largest absolute Gasteiger partial charge is 0.320 e. The molecule has 2 rings (SSSR count). The Morgan fingerprint density at radius 2 is 2.12 bits per heavy atom. The van der Waals surface area contributed by atoms with Crippen LogP contribution in [0.4, 0.5) is 0 Å². The van der Waals surface area contributed by atoms with Crippen LogP contribution in [0.1, 0.15) is 19.5 Å². The molecule has 1 aromatic heterocycles. The third-order valence-electron chi connectivity index (χ3n) is 2.31. The van der Waals surface area contributed by atoms with E-state index in [1.54, 1.807) is 4.68 Å². The van der Waals surface area contributed by atoms with Crippen LogP contribution in [0.15, 0.2) is 24.4 Å². The fraction of sp³-hybridized carbons (Fsp3) is 0.273. The van der Waals surface area contributed by atoms with Crippen LogP contribution >= 0.6 is 34.2 Å². The molecule has 0 bridgehead atoms. The summed E-state index contributed by atoms with van der Waals surface area (Å²) in [5.74, 6) is 0. The number of nitrogens with zero attached hydrogens (tertiary/aromatic N) is 3. The number of hydrogen-bond donors (Lipinski definition) is 1. The van der Waals surface area contributed by atoms with E-state index in [1.807, 2.05) is 38.2 Å². The molecule has 0 aliphatic heterocycles. The first kappa shape index (κ1) is 12.8. The Hall–Kier alpha value is -0.660. The van der Waals surface area contributed by atoms with Crippen molar-refractivity contribution in [1.29, 1.82) is 0 Å². The van der Waals surface area contributed by atoms with Gasteiger partial charge in [-0.15, -0.1) is 5.10 Å². The monoisotopic (exact) mass is 362 g/mol. The molecule has 2 aromatic rings. The fourth-order valence-corrected chi connectivity index (χ4v) is 2.46. The molecule has 0 amide bonds. The molecule has 0 spiro atoms. The van der Waals surface area contributed by atoms with Crippen molar-refractivity contribution in [3.8, 4) is 5.69 Å². The summed E-state index contributed by atoms with van der Waals surface area (Å²) in [5.41, 5.74) is 7.18. The predicted molar refractivity (Wildman–Crippen MR) is 76.3 cm³/mol. The third kappa shape index (κ3) is 2.78. The van der Waals surface area contributed by atoms with E-state index in [9.17, 15) is 0 Å². The topological polar surface area (TPSA) is 56.7 Å². The van der Waals surface area contributed by atoms with Crippen LogP contribution in [-0.4, -0.2) is 15.0 Å². The minimum atomic E-state index is -0.490. The van der Waals surface area contributed by atoms with Crippen molar-refractivity contribution in [2.24, 2.45) is 5.73 Å². The second kappa shape index (κ2) is 4.55. The van der Waals surface area contributed by atoms with Gasteiger partial charge in [-0.2, -0.15) is 0 Å². The van der Waals surface area contributed by atoms with Crippen molar-refractivity contribution in [3.63, 3.8) is 0 Å². The summed E-state index contributed by atoms with van der Waals surface area (Å²) in [7, 11) is 0. The number of aromatic nitrogens is 3. The van der Waals surface area contributed by atoms with Gasteiger partial charge in [-0.05, 0) is 54.6 Å². The summed E-state index contributed by atoms with van der Waals surface area (Å²) in [4.78, 5) is 0. The van der Waals surface area contributed by atoms with Crippen LogP contribution in [0.5, 0.6) is 0 Å². The SMILES string of the molecule is CC(C)(N)c1cn(-c2ccc(Cl)cc2I)nn1. The third-order valence-corrected chi connectivity index (χ3v) is 3.41. The highest BCUT2D eigenvalue weighted by Gasteiger charge is 2.19. The van der Waals surface area contributed by atoms with Crippen molar-refractivity contribution in [3.05, 3.63) is 38.7 Å². The molecule has 2 N–H and O–H groups in total. The minimum Gasteiger partial charge on any atom is -0.320 e. The molecule has 1 aromatic carbocycles. The van der Waals surface area contributed by atoms with Crippen LogP contribution in [-0.2, 0) is 5.54 Å². The predicted octanol–water partition coefficient (Wildman–Crippen LogP) is 2.72. The Balaban J connectivity index is 2.44. The summed E-state index contributed by atoms with van der Waals surface area (Å²) in [6.45, 7) is 3.79. The van der Waals surface area contributed by atoms with Gasteiger partial charge >= 0.3 is 0 Å². The molecule has 0 fully saturated rings. The van der Waals surface area contributed by atoms with Gasteiger partial charge < -0.3 is 5.73 Å². The lowest BCUT2D eigenvalue weighted by atomic mass is 10.0. The standard InChI is InChI=1S/C11H12ClIN4/c1-11(2,14)10-6-17(16-15-10)9-4-3-7(12)5-8(9)13/h3-6H,14H2,1-2H3. The van der Waals surface area contributed by atoms with Gasteiger partial charge in [0.15, 0.2) is 0 Å². The number of halogens is 2. The molecule has 0 atom stereocenters. The van der Waals surface area contributed by atoms with E-state index in [1.165, 1.54) is 0 Å². The average Bonchev–Trinajstić information content (AvgIpc) is 2.65. The zero-order chi connectivity index (χ0) is 12.6. The lowest BCUT2D eigenvalue weighted by Crippen LogP contribution is -2.29. The lowest BCUT2D eigenvalue weighted by Gasteiger charge is -2.13. The van der Waals surface area contributed by atoms with Gasteiger partial charge in [-0.3, -0.25) is 0 Å². The van der Waals surface area contributed by atoms with E-state index < -0.39 is 5.54 Å². The van der Waals surface area contributed by atoms with Gasteiger partial charge in [-0.1, -0.05) is 16.8 Å². The lowest BCUT2D eigenvalue weighted by molar-refractivity contribution is 0.533. The molecular weight excluding hydrogens is 351 g/mol. The molecule has 4 nitrogen and oxygen atoms in total. The number of nitrogens with two attached hydrogens (primary N) is 1. The van der Waals surface area contributed by atoms with Gasteiger partial charge in [0.1, 0.15) is 5.69 Å². The van der Waals surface area contributed by atoms with E-state index in [2.05, 4.69) is 32.9 Å². The molecule has 0 radical (unpaired) electrons. The Kier molecular flexibility index (Phi) is 3.42. The van der Waals surface area contributed by atoms with Gasteiger partial charge in [0.25, 0.3) is 0 Å². The zero-order valence-electron chi connectivity index (χ0n) is 9.48. The zero-order valence-corrected chi connectivity index (χ0v) is 12.4. The van der Waals surface area contributed by atoms with Crippen LogP contribution in [0, 0.1) is 3.57 Å². The van der Waals surface area contributed by atoms with Gasteiger partial charge in [0.2, 0.25) is 0 Å². The summed E-state index contributed by atoms with van der Waals surface area (Å²) >= 11 is 8.13. The van der Waals surface area contributed by atoms with Crippen molar-refractivity contribution in [2.45, 2.75) is 19.4 Å². The highest BCUT2D eigenvalue weighted by Crippen LogP contribution is 2.22. The first-order valence-electron chi connectivity index (χ1n) is 5.05. The van der Waals surface area contributed by atoms with Gasteiger partial charge in [0, 0.05) is 8.59 Å². The van der Waals surface area contributed by atoms with Crippen molar-refractivity contribution in [1.82, 2.24) is 15.0 Å². The van der Waals surface area contributed by atoms with Gasteiger partial charge in [-0.25, -0.2) is 4.68 Å². The molecule has 0 unspecified atom stereocenters. The number of benzene rings is 1. The molecule has 0 aliphatic rings. The Bertz CT molecular complexity index is 545. The summed E-state index contributed by atoms with van der Waals surface area (Å²) in [5, 5.41) is 8.87. The van der Waals surface area contributed by atoms with Crippen molar-refractivity contribution < 1.29 is 0 Å². The Morgan fingerprint density at radius 1 is 1.41 bits per heavy atom. The maximum atomic E-state index is 5.97. The Morgan fingerprint density at radius 3 is 2.65 bits per heavy atom. The molecule has 90 valence electrons. The highest BCUT2D eigenvalue weighted by molar-refractivity contribution is 14.1. The van der Waals surface area contributed by atoms with Crippen molar-refractivity contribution in [2.75, 3.05) is 0 Å². The van der Waals surface area contributed by atoms with Crippen LogP contribution < -0.4 is 5.73 Å². The number of rotatable bonds is 2. The highest BCUT2D eigenvalue weighted by atomic mass is 127. The van der Waals surface area contributed by atoms with Crippen LogP contribution in [0.2, 0.25) is 5.02 Å². The second-order valence-electron chi connectivity index (χ2n) is 4.37. The fourth-order valence-electron chi connectivity index (χ4n) is 1.34. The van der Waals surface area contributed by atoms with E-state index in [-0.39, 0.29) is 0 Å². The molecule has 1 heterocycles. The summed E-state index contributed by atoms with van der Waals surface area (Å²) < 4.78 is 2.73. The maximum Gasteiger partial charge on any atom is 0.102 e. The molecule has 0 saturated heterocycles. The molecule has 0 aliphatic carbocycles. The Labute approximate surface area is 118 Å². The van der Waals surface area contributed by atoms with E-state index in [4.69, 9.17) is 17.3 Å². The van der Waals surface area contributed by atoms with Crippen LogP contribution in [0.25, 0.3) is 5.69 Å². The molecule has 6 heteroatoms. The van der Waals surface area contributed by atoms with Crippen LogP contribution in [0.3, 0.4) is 0 Å². The van der Waals surface area contributed by atoms with Crippen molar-refractivity contribution >= 4 is 34.2 Å². The maximum absolute atomic E-state index is 5.97. The molecular formula is C11H12ClIN4. The quantitative estimate of drug-likeness (QED) is 0.836. The smallest absolute Gasteiger partial charge is 0.102 e. The number of hydrogen-bond acceptors (Lipinski definition) is 3. The first-order chi connectivity index (χ1) is 7.88.